The van der Waals surface area contributed by atoms with Crippen LogP contribution in [0.15, 0.2) is 18.2 Å². The number of nitrogens with zero attached hydrogens (tertiary/aromatic N) is 1. The highest BCUT2D eigenvalue weighted by Gasteiger charge is 2.29. The van der Waals surface area contributed by atoms with Crippen LogP contribution in [0.2, 0.25) is 0 Å². The molecule has 1 aliphatic rings. The van der Waals surface area contributed by atoms with Crippen molar-refractivity contribution in [3.63, 3.8) is 0 Å². The minimum atomic E-state index is 0.0912. The number of hydrogen-bond acceptors (Lipinski definition) is 4. The van der Waals surface area contributed by atoms with Gasteiger partial charge in [0.05, 0.1) is 6.61 Å². The maximum atomic E-state index is 13.2. The van der Waals surface area contributed by atoms with Crippen LogP contribution in [0, 0.1) is 11.8 Å². The predicted molar refractivity (Wildman–Crippen MR) is 110 cm³/mol. The SMILES string of the molecule is CCc1ccc(C(=O)N(C[C@@H]2CNC[C@H]2C)C(C)C)cc1OCCCOC. The van der Waals surface area contributed by atoms with Gasteiger partial charge in [0.25, 0.3) is 5.91 Å². The van der Waals surface area contributed by atoms with Crippen LogP contribution in [-0.4, -0.2) is 56.8 Å². The number of carbonyl (C=O) groups excluding carboxylic acids is 1. The summed E-state index contributed by atoms with van der Waals surface area (Å²) in [6, 6.07) is 6.05. The molecule has 1 aromatic carbocycles. The van der Waals surface area contributed by atoms with Crippen molar-refractivity contribution < 1.29 is 14.3 Å². The molecular formula is C22H36N2O3. The third-order valence-electron chi connectivity index (χ3n) is 5.44. The first-order valence-corrected chi connectivity index (χ1v) is 10.2. The number of hydrogen-bond donors (Lipinski definition) is 1. The molecule has 0 saturated carbocycles. The minimum absolute atomic E-state index is 0.0912. The van der Waals surface area contributed by atoms with Crippen molar-refractivity contribution in [1.82, 2.24) is 10.2 Å². The van der Waals surface area contributed by atoms with E-state index in [1.54, 1.807) is 7.11 Å². The van der Waals surface area contributed by atoms with Gasteiger partial charge in [0.2, 0.25) is 0 Å². The summed E-state index contributed by atoms with van der Waals surface area (Å²) >= 11 is 0. The van der Waals surface area contributed by atoms with Crippen LogP contribution in [-0.2, 0) is 11.2 Å². The second-order valence-electron chi connectivity index (χ2n) is 7.82. The average molecular weight is 377 g/mol. The van der Waals surface area contributed by atoms with Gasteiger partial charge in [-0.25, -0.2) is 0 Å². The van der Waals surface area contributed by atoms with Gasteiger partial charge in [-0.3, -0.25) is 4.79 Å². The zero-order valence-corrected chi connectivity index (χ0v) is 17.6. The molecule has 1 amide bonds. The lowest BCUT2D eigenvalue weighted by atomic mass is 9.96. The molecule has 0 spiro atoms. The number of methoxy groups -OCH3 is 1. The lowest BCUT2D eigenvalue weighted by Gasteiger charge is -2.31. The van der Waals surface area contributed by atoms with Crippen LogP contribution in [0.1, 0.15) is 50.0 Å². The van der Waals surface area contributed by atoms with Crippen LogP contribution in [0.25, 0.3) is 0 Å². The van der Waals surface area contributed by atoms with E-state index in [9.17, 15) is 4.79 Å². The van der Waals surface area contributed by atoms with E-state index in [0.29, 0.717) is 30.6 Å². The van der Waals surface area contributed by atoms with Crippen LogP contribution in [0.5, 0.6) is 5.75 Å². The first-order valence-electron chi connectivity index (χ1n) is 10.2. The molecule has 1 fully saturated rings. The average Bonchev–Trinajstić information content (AvgIpc) is 3.07. The lowest BCUT2D eigenvalue weighted by molar-refractivity contribution is 0.0664. The molecule has 5 nitrogen and oxygen atoms in total. The van der Waals surface area contributed by atoms with Crippen LogP contribution in [0.4, 0.5) is 0 Å². The number of rotatable bonds is 10. The molecule has 2 atom stereocenters. The van der Waals surface area contributed by atoms with Crippen molar-refractivity contribution in [2.45, 2.75) is 46.6 Å². The van der Waals surface area contributed by atoms with Gasteiger partial charge in [-0.15, -0.1) is 0 Å². The smallest absolute Gasteiger partial charge is 0.254 e. The Morgan fingerprint density at radius 1 is 1.30 bits per heavy atom. The number of carbonyl (C=O) groups is 1. The second-order valence-corrected chi connectivity index (χ2v) is 7.82. The summed E-state index contributed by atoms with van der Waals surface area (Å²) in [6.07, 6.45) is 1.72. The molecule has 0 aliphatic carbocycles. The molecule has 0 radical (unpaired) electrons. The summed E-state index contributed by atoms with van der Waals surface area (Å²) in [5, 5.41) is 3.43. The minimum Gasteiger partial charge on any atom is -0.493 e. The van der Waals surface area contributed by atoms with Crippen molar-refractivity contribution in [1.29, 1.82) is 0 Å². The summed E-state index contributed by atoms with van der Waals surface area (Å²) in [7, 11) is 1.69. The zero-order valence-electron chi connectivity index (χ0n) is 17.6. The number of amides is 1. The van der Waals surface area contributed by atoms with E-state index in [4.69, 9.17) is 9.47 Å². The maximum Gasteiger partial charge on any atom is 0.254 e. The molecule has 0 aromatic heterocycles. The molecule has 0 unspecified atom stereocenters. The molecule has 2 rings (SSSR count). The molecule has 152 valence electrons. The lowest BCUT2D eigenvalue weighted by Crippen LogP contribution is -2.41. The van der Waals surface area contributed by atoms with Crippen LogP contribution >= 0.6 is 0 Å². The largest absolute Gasteiger partial charge is 0.493 e. The molecule has 1 aliphatic heterocycles. The molecule has 1 aromatic rings. The quantitative estimate of drug-likeness (QED) is 0.636. The normalized spacial score (nSPS) is 19.5. The van der Waals surface area contributed by atoms with Gasteiger partial charge < -0.3 is 19.7 Å². The number of benzene rings is 1. The Hall–Kier alpha value is -1.59. The number of nitrogens with one attached hydrogen (secondary N) is 1. The third-order valence-corrected chi connectivity index (χ3v) is 5.44. The Bertz CT molecular complexity index is 603. The van der Waals surface area contributed by atoms with E-state index in [1.165, 1.54) is 0 Å². The molecule has 27 heavy (non-hydrogen) atoms. The predicted octanol–water partition coefficient (Wildman–Crippen LogP) is 3.37. The van der Waals surface area contributed by atoms with Gasteiger partial charge in [-0.1, -0.05) is 19.9 Å². The molecule has 1 N–H and O–H groups in total. The van der Waals surface area contributed by atoms with E-state index < -0.39 is 0 Å². The standard InChI is InChI=1S/C22H36N2O3/c1-6-18-8-9-19(12-21(18)27-11-7-10-26-5)22(25)24(16(2)3)15-20-14-23-13-17(20)4/h8-9,12,16-17,20,23H,6-7,10-11,13-15H2,1-5H3/t17-,20+/m1/s1. The number of aryl methyl sites for hydroxylation is 1. The number of ether oxygens (including phenoxy) is 2. The fraction of sp³-hybridized carbons (Fsp3) is 0.682. The van der Waals surface area contributed by atoms with Crippen molar-refractivity contribution in [3.8, 4) is 5.75 Å². The van der Waals surface area contributed by atoms with E-state index in [0.717, 1.165) is 43.8 Å². The molecule has 5 heteroatoms. The summed E-state index contributed by atoms with van der Waals surface area (Å²) < 4.78 is 11.0. The first-order chi connectivity index (χ1) is 13.0. The van der Waals surface area contributed by atoms with E-state index in [-0.39, 0.29) is 11.9 Å². The summed E-state index contributed by atoms with van der Waals surface area (Å²) in [4.78, 5) is 15.2. The topological polar surface area (TPSA) is 50.8 Å². The monoisotopic (exact) mass is 376 g/mol. The molecule has 1 heterocycles. The highest BCUT2D eigenvalue weighted by molar-refractivity contribution is 5.95. The summed E-state index contributed by atoms with van der Waals surface area (Å²) in [6.45, 7) is 12.6. The van der Waals surface area contributed by atoms with Gasteiger partial charge in [-0.2, -0.15) is 0 Å². The van der Waals surface area contributed by atoms with Gasteiger partial charge in [0.15, 0.2) is 0 Å². The first kappa shape index (κ1) is 21.7. The van der Waals surface area contributed by atoms with Crippen molar-refractivity contribution in [2.24, 2.45) is 11.8 Å². The summed E-state index contributed by atoms with van der Waals surface area (Å²) in [5.41, 5.74) is 1.84. The Labute approximate surface area is 164 Å². The molecule has 0 bridgehead atoms. The fourth-order valence-corrected chi connectivity index (χ4v) is 3.55. The highest BCUT2D eigenvalue weighted by atomic mass is 16.5. The molecule has 1 saturated heterocycles. The third kappa shape index (κ3) is 5.94. The van der Waals surface area contributed by atoms with Crippen LogP contribution < -0.4 is 10.1 Å². The Kier molecular flexibility index (Phi) is 8.58. The second kappa shape index (κ2) is 10.7. The summed E-state index contributed by atoms with van der Waals surface area (Å²) in [5.74, 6) is 2.02. The van der Waals surface area contributed by atoms with Gasteiger partial charge in [-0.05, 0) is 62.9 Å². The highest BCUT2D eigenvalue weighted by Crippen LogP contribution is 2.24. The maximum absolute atomic E-state index is 13.2. The van der Waals surface area contributed by atoms with Gasteiger partial charge >= 0.3 is 0 Å². The van der Waals surface area contributed by atoms with E-state index in [2.05, 4.69) is 33.0 Å². The van der Waals surface area contributed by atoms with E-state index in [1.807, 2.05) is 23.1 Å². The van der Waals surface area contributed by atoms with Gasteiger partial charge in [0, 0.05) is 38.3 Å². The van der Waals surface area contributed by atoms with Crippen molar-refractivity contribution >= 4 is 5.91 Å². The zero-order chi connectivity index (χ0) is 19.8. The Morgan fingerprint density at radius 2 is 2.07 bits per heavy atom. The van der Waals surface area contributed by atoms with Crippen LogP contribution in [0.3, 0.4) is 0 Å². The molecular weight excluding hydrogens is 340 g/mol. The Balaban J connectivity index is 2.14. The van der Waals surface area contributed by atoms with Gasteiger partial charge in [0.1, 0.15) is 5.75 Å². The van der Waals surface area contributed by atoms with Crippen molar-refractivity contribution in [3.05, 3.63) is 29.3 Å². The fourth-order valence-electron chi connectivity index (χ4n) is 3.55. The van der Waals surface area contributed by atoms with E-state index >= 15 is 0 Å². The Morgan fingerprint density at radius 3 is 2.67 bits per heavy atom. The van der Waals surface area contributed by atoms with Crippen molar-refractivity contribution in [2.75, 3.05) is 40.0 Å².